The summed E-state index contributed by atoms with van der Waals surface area (Å²) in [7, 11) is 0. The SMILES string of the molecule is C=C(c1ccc(C)cc1)N(CCCN)C(C)c1nc2c(C)cccc2n1Cc1ccccc1.CCC. The standard InChI is InChI=1S/C29H34N4.C3H8/c1-21-14-16-26(17-15-21)23(3)32(19-9-18-30)24(4)29-31-28-22(2)10-8-13-27(28)33(29)20-25-11-6-5-7-12-25;1-3-2/h5-8,10-17,24H,3,9,18-20,30H2,1-2,4H3;3H2,1-2H3. The summed E-state index contributed by atoms with van der Waals surface area (Å²) in [6, 6.07) is 25.6. The molecule has 2 N–H and O–H groups in total. The molecule has 0 spiro atoms. The van der Waals surface area contributed by atoms with Crippen molar-refractivity contribution in [2.45, 2.75) is 60.0 Å². The van der Waals surface area contributed by atoms with Crippen LogP contribution in [0.2, 0.25) is 0 Å². The van der Waals surface area contributed by atoms with E-state index in [1.807, 2.05) is 0 Å². The van der Waals surface area contributed by atoms with Gasteiger partial charge in [-0.2, -0.15) is 0 Å². The largest absolute Gasteiger partial charge is 0.362 e. The third-order valence-electron chi connectivity index (χ3n) is 6.37. The van der Waals surface area contributed by atoms with Gasteiger partial charge in [0.1, 0.15) is 5.82 Å². The topological polar surface area (TPSA) is 47.1 Å². The number of benzene rings is 3. The van der Waals surface area contributed by atoms with E-state index >= 15 is 0 Å². The molecule has 4 rings (SSSR count). The average molecular weight is 483 g/mol. The van der Waals surface area contributed by atoms with Crippen molar-refractivity contribution in [3.05, 3.63) is 107 Å². The number of rotatable bonds is 9. The van der Waals surface area contributed by atoms with Crippen molar-refractivity contribution in [1.29, 1.82) is 0 Å². The van der Waals surface area contributed by atoms with E-state index in [-0.39, 0.29) is 6.04 Å². The van der Waals surface area contributed by atoms with Gasteiger partial charge in [-0.15, -0.1) is 0 Å². The molecule has 1 aromatic heterocycles. The van der Waals surface area contributed by atoms with E-state index in [9.17, 15) is 0 Å². The van der Waals surface area contributed by atoms with Crippen molar-refractivity contribution >= 4 is 16.7 Å². The molecule has 0 amide bonds. The number of hydrogen-bond donors (Lipinski definition) is 1. The van der Waals surface area contributed by atoms with Crippen LogP contribution in [0.3, 0.4) is 0 Å². The van der Waals surface area contributed by atoms with Crippen LogP contribution in [0.1, 0.15) is 67.7 Å². The molecule has 190 valence electrons. The van der Waals surface area contributed by atoms with Gasteiger partial charge in [0.05, 0.1) is 17.1 Å². The minimum absolute atomic E-state index is 0.0425. The lowest BCUT2D eigenvalue weighted by Crippen LogP contribution is -2.30. The van der Waals surface area contributed by atoms with Crippen LogP contribution < -0.4 is 5.73 Å². The zero-order valence-corrected chi connectivity index (χ0v) is 22.7. The van der Waals surface area contributed by atoms with Crippen molar-refractivity contribution in [3.63, 3.8) is 0 Å². The van der Waals surface area contributed by atoms with Crippen LogP contribution in [0.25, 0.3) is 16.7 Å². The highest BCUT2D eigenvalue weighted by Crippen LogP contribution is 2.32. The third kappa shape index (κ3) is 6.44. The summed E-state index contributed by atoms with van der Waals surface area (Å²) in [6.45, 7) is 17.5. The van der Waals surface area contributed by atoms with Gasteiger partial charge in [-0.1, -0.05) is 99.1 Å². The Bertz CT molecular complexity index is 1240. The number of aromatic nitrogens is 2. The second-order valence-corrected chi connectivity index (χ2v) is 9.52. The van der Waals surface area contributed by atoms with Gasteiger partial charge < -0.3 is 15.2 Å². The molecule has 1 unspecified atom stereocenters. The molecular weight excluding hydrogens is 440 g/mol. The Morgan fingerprint density at radius 3 is 2.28 bits per heavy atom. The van der Waals surface area contributed by atoms with E-state index in [1.165, 1.54) is 28.6 Å². The minimum atomic E-state index is 0.0425. The predicted molar refractivity (Wildman–Crippen MR) is 155 cm³/mol. The van der Waals surface area contributed by atoms with Crippen LogP contribution in [0.4, 0.5) is 0 Å². The van der Waals surface area contributed by atoms with Gasteiger partial charge >= 0.3 is 0 Å². The smallest absolute Gasteiger partial charge is 0.132 e. The van der Waals surface area contributed by atoms with Crippen LogP contribution in [0, 0.1) is 13.8 Å². The van der Waals surface area contributed by atoms with Gasteiger partial charge in [-0.3, -0.25) is 0 Å². The number of nitrogens with two attached hydrogens (primary N) is 1. The molecule has 4 nitrogen and oxygen atoms in total. The number of para-hydroxylation sites is 1. The zero-order chi connectivity index (χ0) is 26.1. The fourth-order valence-electron chi connectivity index (χ4n) is 4.43. The number of nitrogens with zero attached hydrogens (tertiary/aromatic N) is 3. The summed E-state index contributed by atoms with van der Waals surface area (Å²) >= 11 is 0. The highest BCUT2D eigenvalue weighted by molar-refractivity contribution is 5.80. The highest BCUT2D eigenvalue weighted by Gasteiger charge is 2.24. The van der Waals surface area contributed by atoms with Gasteiger partial charge in [-0.05, 0) is 56.5 Å². The van der Waals surface area contributed by atoms with E-state index in [4.69, 9.17) is 10.7 Å². The Morgan fingerprint density at radius 1 is 0.972 bits per heavy atom. The molecule has 0 aliphatic carbocycles. The molecule has 1 atom stereocenters. The van der Waals surface area contributed by atoms with Crippen LogP contribution in [-0.4, -0.2) is 27.5 Å². The summed E-state index contributed by atoms with van der Waals surface area (Å²) in [4.78, 5) is 7.53. The second-order valence-electron chi connectivity index (χ2n) is 9.52. The van der Waals surface area contributed by atoms with Crippen LogP contribution in [0.5, 0.6) is 0 Å². The van der Waals surface area contributed by atoms with Gasteiger partial charge in [0.25, 0.3) is 0 Å². The van der Waals surface area contributed by atoms with E-state index in [1.54, 1.807) is 0 Å². The number of imidazole rings is 1. The maximum absolute atomic E-state index is 5.91. The monoisotopic (exact) mass is 482 g/mol. The molecule has 0 aliphatic rings. The summed E-state index contributed by atoms with van der Waals surface area (Å²) in [5.74, 6) is 1.05. The third-order valence-corrected chi connectivity index (χ3v) is 6.37. The lowest BCUT2D eigenvalue weighted by atomic mass is 10.1. The van der Waals surface area contributed by atoms with Gasteiger partial charge in [0.2, 0.25) is 0 Å². The molecule has 4 heteroatoms. The number of fused-ring (bicyclic) bond motifs is 1. The minimum Gasteiger partial charge on any atom is -0.362 e. The van der Waals surface area contributed by atoms with Gasteiger partial charge in [0, 0.05) is 18.8 Å². The van der Waals surface area contributed by atoms with E-state index in [2.05, 4.69) is 123 Å². The van der Waals surface area contributed by atoms with E-state index < -0.39 is 0 Å². The quantitative estimate of drug-likeness (QED) is 0.269. The Kier molecular flexibility index (Phi) is 9.89. The van der Waals surface area contributed by atoms with Crippen LogP contribution in [0.15, 0.2) is 79.4 Å². The van der Waals surface area contributed by atoms with Crippen molar-refractivity contribution in [3.8, 4) is 0 Å². The first-order valence-corrected chi connectivity index (χ1v) is 13.1. The molecule has 0 fully saturated rings. The Hall–Kier alpha value is -3.37. The summed E-state index contributed by atoms with van der Waals surface area (Å²) in [5.41, 5.74) is 14.0. The molecular formula is C32H42N4. The van der Waals surface area contributed by atoms with Crippen molar-refractivity contribution < 1.29 is 0 Å². The highest BCUT2D eigenvalue weighted by atomic mass is 15.2. The van der Waals surface area contributed by atoms with Crippen molar-refractivity contribution in [2.75, 3.05) is 13.1 Å². The normalized spacial score (nSPS) is 11.6. The summed E-state index contributed by atoms with van der Waals surface area (Å²) < 4.78 is 2.36. The van der Waals surface area contributed by atoms with Gasteiger partial charge in [0.15, 0.2) is 0 Å². The van der Waals surface area contributed by atoms with Crippen LogP contribution in [-0.2, 0) is 6.54 Å². The maximum atomic E-state index is 5.91. The Labute approximate surface area is 217 Å². The maximum Gasteiger partial charge on any atom is 0.132 e. The van der Waals surface area contributed by atoms with Crippen LogP contribution >= 0.6 is 0 Å². The molecule has 0 aliphatic heterocycles. The lowest BCUT2D eigenvalue weighted by Gasteiger charge is -2.33. The zero-order valence-electron chi connectivity index (χ0n) is 22.7. The average Bonchev–Trinajstić information content (AvgIpc) is 3.25. The molecule has 3 aromatic carbocycles. The Morgan fingerprint density at radius 2 is 1.64 bits per heavy atom. The molecule has 0 radical (unpaired) electrons. The Balaban J connectivity index is 0.00000115. The molecule has 0 saturated carbocycles. The molecule has 0 bridgehead atoms. The van der Waals surface area contributed by atoms with E-state index in [0.717, 1.165) is 42.1 Å². The lowest BCUT2D eigenvalue weighted by molar-refractivity contribution is 0.299. The second kappa shape index (κ2) is 13.1. The first-order valence-electron chi connectivity index (χ1n) is 13.1. The fourth-order valence-corrected chi connectivity index (χ4v) is 4.43. The van der Waals surface area contributed by atoms with Gasteiger partial charge in [-0.25, -0.2) is 4.98 Å². The van der Waals surface area contributed by atoms with E-state index in [0.29, 0.717) is 6.54 Å². The predicted octanol–water partition coefficient (Wildman–Crippen LogP) is 7.50. The molecule has 36 heavy (non-hydrogen) atoms. The van der Waals surface area contributed by atoms with Crippen molar-refractivity contribution in [2.24, 2.45) is 5.73 Å². The summed E-state index contributed by atoms with van der Waals surface area (Å²) in [6.07, 6.45) is 2.15. The molecule has 0 saturated heterocycles. The first-order chi connectivity index (χ1) is 17.4. The number of hydrogen-bond acceptors (Lipinski definition) is 3. The molecule has 1 heterocycles. The molecule has 4 aromatic rings. The summed E-state index contributed by atoms with van der Waals surface area (Å²) in [5, 5.41) is 0. The van der Waals surface area contributed by atoms with Crippen molar-refractivity contribution in [1.82, 2.24) is 14.5 Å². The fraction of sp³-hybridized carbons (Fsp3) is 0.344. The first kappa shape index (κ1) is 27.2. The number of aryl methyl sites for hydroxylation is 2.